The molecule has 1 heterocycles. The Morgan fingerprint density at radius 2 is 1.78 bits per heavy atom. The van der Waals surface area contributed by atoms with Gasteiger partial charge in [0.25, 0.3) is 0 Å². The molecular formula is C27H24FN3O5S. The van der Waals surface area contributed by atoms with Gasteiger partial charge in [-0.1, -0.05) is 36.0 Å². The summed E-state index contributed by atoms with van der Waals surface area (Å²) in [5, 5.41) is 11.3. The van der Waals surface area contributed by atoms with E-state index in [1.807, 2.05) is 24.3 Å². The van der Waals surface area contributed by atoms with Crippen molar-refractivity contribution < 1.29 is 28.6 Å². The predicted molar refractivity (Wildman–Crippen MR) is 140 cm³/mol. The maximum atomic E-state index is 14.3. The molecule has 0 aliphatic carbocycles. The maximum Gasteiger partial charge on any atom is 0.335 e. The Bertz CT molecular complexity index is 1330. The highest BCUT2D eigenvalue weighted by Gasteiger charge is 2.39. The van der Waals surface area contributed by atoms with E-state index in [1.165, 1.54) is 41.3 Å². The average molecular weight is 522 g/mol. The van der Waals surface area contributed by atoms with Crippen molar-refractivity contribution in [1.29, 1.82) is 0 Å². The summed E-state index contributed by atoms with van der Waals surface area (Å²) in [6.07, 6.45) is 0.404. The number of ether oxygens (including phenoxy) is 1. The number of para-hydroxylation sites is 1. The molecule has 0 unspecified atom stereocenters. The monoisotopic (exact) mass is 521 g/mol. The largest absolute Gasteiger partial charge is 0.497 e. The van der Waals surface area contributed by atoms with E-state index in [9.17, 15) is 18.8 Å². The molecule has 1 saturated heterocycles. The van der Waals surface area contributed by atoms with Crippen molar-refractivity contribution in [1.82, 2.24) is 4.90 Å². The number of amides is 2. The zero-order valence-corrected chi connectivity index (χ0v) is 20.7. The number of aliphatic imine (C=N–C) groups is 1. The number of carbonyl (C=O) groups is 3. The summed E-state index contributed by atoms with van der Waals surface area (Å²) in [5.41, 5.74) is 1.61. The summed E-state index contributed by atoms with van der Waals surface area (Å²) >= 11 is 1.12. The number of nitrogens with zero attached hydrogens (tertiary/aromatic N) is 2. The number of benzene rings is 3. The van der Waals surface area contributed by atoms with Crippen molar-refractivity contribution in [3.8, 4) is 5.75 Å². The van der Waals surface area contributed by atoms with Crippen molar-refractivity contribution in [3.05, 3.63) is 89.7 Å². The fraction of sp³-hybridized carbons (Fsp3) is 0.185. The summed E-state index contributed by atoms with van der Waals surface area (Å²) in [5.74, 6) is -1.55. The van der Waals surface area contributed by atoms with E-state index in [-0.39, 0.29) is 23.6 Å². The van der Waals surface area contributed by atoms with Gasteiger partial charge in [0.15, 0.2) is 5.17 Å². The number of halogens is 1. The normalized spacial score (nSPS) is 16.2. The molecule has 2 N–H and O–H groups in total. The van der Waals surface area contributed by atoms with Crippen molar-refractivity contribution in [2.75, 3.05) is 19.0 Å². The number of aromatic carboxylic acids is 1. The molecule has 1 atom stereocenters. The maximum absolute atomic E-state index is 14.3. The highest BCUT2D eigenvalue weighted by molar-refractivity contribution is 8.15. The number of hydrogen-bond donors (Lipinski definition) is 2. The van der Waals surface area contributed by atoms with Gasteiger partial charge in [0, 0.05) is 18.7 Å². The van der Waals surface area contributed by atoms with Gasteiger partial charge < -0.3 is 15.2 Å². The summed E-state index contributed by atoms with van der Waals surface area (Å²) in [6, 6.07) is 19.2. The van der Waals surface area contributed by atoms with Crippen LogP contribution in [-0.2, 0) is 16.0 Å². The Balaban J connectivity index is 1.49. The third-order valence-electron chi connectivity index (χ3n) is 5.66. The lowest BCUT2D eigenvalue weighted by Crippen LogP contribution is -2.35. The molecule has 37 heavy (non-hydrogen) atoms. The number of methoxy groups -OCH3 is 1. The van der Waals surface area contributed by atoms with E-state index >= 15 is 0 Å². The standard InChI is InChI=1S/C27H24FN3O5S/c1-36-20-12-6-17(7-13-20)14-15-31-25(33)23(37-27(31)30-22-5-3-2-4-21(22)28)16-24(32)29-19-10-8-18(9-11-19)26(34)35/h2-13,23H,14-16H2,1H3,(H,29,32)(H,34,35)/t23-/m1/s1. The second-order valence-corrected chi connectivity index (χ2v) is 9.34. The molecule has 3 aromatic carbocycles. The molecule has 1 aliphatic heterocycles. The minimum Gasteiger partial charge on any atom is -0.497 e. The summed E-state index contributed by atoms with van der Waals surface area (Å²) < 4.78 is 19.5. The van der Waals surface area contributed by atoms with Crippen LogP contribution in [0.3, 0.4) is 0 Å². The van der Waals surface area contributed by atoms with E-state index in [2.05, 4.69) is 10.3 Å². The molecule has 2 amide bonds. The number of carboxylic acid groups (broad SMARTS) is 1. The molecule has 1 aliphatic rings. The van der Waals surface area contributed by atoms with E-state index < -0.39 is 22.9 Å². The molecule has 0 saturated carbocycles. The van der Waals surface area contributed by atoms with Gasteiger partial charge in [-0.25, -0.2) is 14.2 Å². The lowest BCUT2D eigenvalue weighted by atomic mass is 10.1. The number of amidine groups is 1. The Hall–Kier alpha value is -4.18. The topological polar surface area (TPSA) is 108 Å². The molecule has 0 aromatic heterocycles. The molecule has 0 bridgehead atoms. The quantitative estimate of drug-likeness (QED) is 0.421. The minimum absolute atomic E-state index is 0.0982. The van der Waals surface area contributed by atoms with Crippen molar-refractivity contribution in [2.45, 2.75) is 18.1 Å². The minimum atomic E-state index is -1.07. The molecular weight excluding hydrogens is 497 g/mol. The van der Waals surface area contributed by atoms with Crippen LogP contribution in [0.5, 0.6) is 5.75 Å². The number of carboxylic acids is 1. The van der Waals surface area contributed by atoms with Crippen LogP contribution in [0.2, 0.25) is 0 Å². The Morgan fingerprint density at radius 3 is 2.43 bits per heavy atom. The van der Waals surface area contributed by atoms with Gasteiger partial charge in [0.1, 0.15) is 22.5 Å². The number of carbonyl (C=O) groups excluding carboxylic acids is 2. The molecule has 0 radical (unpaired) electrons. The van der Waals surface area contributed by atoms with Gasteiger partial charge >= 0.3 is 5.97 Å². The van der Waals surface area contributed by atoms with Gasteiger partial charge in [-0.2, -0.15) is 0 Å². The summed E-state index contributed by atoms with van der Waals surface area (Å²) in [4.78, 5) is 42.9. The lowest BCUT2D eigenvalue weighted by Gasteiger charge is -2.17. The molecule has 0 spiro atoms. The number of rotatable bonds is 9. The Labute approximate surface area is 217 Å². The van der Waals surface area contributed by atoms with Crippen LogP contribution in [-0.4, -0.2) is 51.9 Å². The van der Waals surface area contributed by atoms with Crippen LogP contribution in [0, 0.1) is 5.82 Å². The second-order valence-electron chi connectivity index (χ2n) is 8.18. The number of nitrogens with one attached hydrogen (secondary N) is 1. The van der Waals surface area contributed by atoms with Crippen molar-refractivity contribution in [2.24, 2.45) is 4.99 Å². The third-order valence-corrected chi connectivity index (χ3v) is 6.83. The van der Waals surface area contributed by atoms with Gasteiger partial charge in [-0.15, -0.1) is 0 Å². The lowest BCUT2D eigenvalue weighted by molar-refractivity contribution is -0.128. The van der Waals surface area contributed by atoms with Crippen LogP contribution >= 0.6 is 11.8 Å². The van der Waals surface area contributed by atoms with E-state index in [0.717, 1.165) is 23.1 Å². The summed E-state index contributed by atoms with van der Waals surface area (Å²) in [6.45, 7) is 0.306. The van der Waals surface area contributed by atoms with E-state index in [1.54, 1.807) is 19.2 Å². The van der Waals surface area contributed by atoms with Crippen LogP contribution in [0.15, 0.2) is 77.8 Å². The first-order chi connectivity index (χ1) is 17.8. The first-order valence-corrected chi connectivity index (χ1v) is 12.3. The van der Waals surface area contributed by atoms with E-state index in [4.69, 9.17) is 9.84 Å². The molecule has 3 aromatic rings. The first kappa shape index (κ1) is 25.9. The second kappa shape index (κ2) is 11.7. The number of anilines is 1. The zero-order valence-electron chi connectivity index (χ0n) is 19.9. The van der Waals surface area contributed by atoms with Crippen molar-refractivity contribution in [3.63, 3.8) is 0 Å². The zero-order chi connectivity index (χ0) is 26.4. The van der Waals surface area contributed by atoms with Crippen LogP contribution in [0.25, 0.3) is 0 Å². The van der Waals surface area contributed by atoms with Crippen LogP contribution in [0.1, 0.15) is 22.3 Å². The molecule has 4 rings (SSSR count). The highest BCUT2D eigenvalue weighted by atomic mass is 32.2. The fourth-order valence-corrected chi connectivity index (χ4v) is 4.86. The third kappa shape index (κ3) is 6.53. The van der Waals surface area contributed by atoms with Crippen LogP contribution in [0.4, 0.5) is 15.8 Å². The van der Waals surface area contributed by atoms with Crippen molar-refractivity contribution >= 4 is 46.1 Å². The van der Waals surface area contributed by atoms with Gasteiger partial charge in [-0.05, 0) is 60.5 Å². The Kier molecular flexibility index (Phi) is 8.19. The molecule has 1 fully saturated rings. The SMILES string of the molecule is COc1ccc(CCN2C(=O)[C@@H](CC(=O)Nc3ccc(C(=O)O)cc3)SC2=Nc2ccccc2F)cc1. The smallest absolute Gasteiger partial charge is 0.335 e. The first-order valence-electron chi connectivity index (χ1n) is 11.4. The molecule has 8 nitrogen and oxygen atoms in total. The average Bonchev–Trinajstić information content (AvgIpc) is 3.18. The van der Waals surface area contributed by atoms with E-state index in [0.29, 0.717) is 23.8 Å². The van der Waals surface area contributed by atoms with Gasteiger partial charge in [0.2, 0.25) is 11.8 Å². The van der Waals surface area contributed by atoms with Crippen LogP contribution < -0.4 is 10.1 Å². The Morgan fingerprint density at radius 1 is 1.08 bits per heavy atom. The summed E-state index contributed by atoms with van der Waals surface area (Å²) in [7, 11) is 1.59. The van der Waals surface area contributed by atoms with Gasteiger partial charge in [-0.3, -0.25) is 14.5 Å². The highest BCUT2D eigenvalue weighted by Crippen LogP contribution is 2.33. The fourth-order valence-electron chi connectivity index (χ4n) is 3.69. The number of hydrogen-bond acceptors (Lipinski definition) is 6. The predicted octanol–water partition coefficient (Wildman–Crippen LogP) is 4.74. The van der Waals surface area contributed by atoms with Gasteiger partial charge in [0.05, 0.1) is 12.7 Å². The number of thioether (sulfide) groups is 1. The molecule has 190 valence electrons. The molecule has 10 heteroatoms.